The molecule has 0 saturated heterocycles. The first-order valence-corrected chi connectivity index (χ1v) is 6.28. The van der Waals surface area contributed by atoms with Crippen molar-refractivity contribution in [2.24, 2.45) is 11.5 Å². The first-order chi connectivity index (χ1) is 8.77. The summed E-state index contributed by atoms with van der Waals surface area (Å²) >= 11 is 0. The van der Waals surface area contributed by atoms with Crippen molar-refractivity contribution in [3.63, 3.8) is 0 Å². The lowest BCUT2D eigenvalue weighted by atomic mass is 9.96. The van der Waals surface area contributed by atoms with E-state index >= 15 is 0 Å². The molecule has 1 atom stereocenters. The zero-order valence-electron chi connectivity index (χ0n) is 11.6. The van der Waals surface area contributed by atoms with Crippen LogP contribution in [0.3, 0.4) is 0 Å². The third-order valence-electron chi connectivity index (χ3n) is 3.05. The van der Waals surface area contributed by atoms with E-state index in [0.29, 0.717) is 17.7 Å². The van der Waals surface area contributed by atoms with Gasteiger partial charge in [0.1, 0.15) is 0 Å². The molecule has 1 aromatic rings. The molecule has 0 fully saturated rings. The fraction of sp³-hybridized carbons (Fsp3) is 0.429. The molecule has 2 amide bonds. The van der Waals surface area contributed by atoms with E-state index in [0.717, 1.165) is 12.0 Å². The molecule has 0 aromatic heterocycles. The summed E-state index contributed by atoms with van der Waals surface area (Å²) in [6.45, 7) is 5.44. The second kappa shape index (κ2) is 5.84. The third-order valence-corrected chi connectivity index (χ3v) is 3.05. The van der Waals surface area contributed by atoms with Crippen LogP contribution in [0.2, 0.25) is 0 Å². The summed E-state index contributed by atoms with van der Waals surface area (Å²) in [5.41, 5.74) is 12.0. The minimum absolute atomic E-state index is 0.270. The van der Waals surface area contributed by atoms with Gasteiger partial charge in [-0.05, 0) is 38.0 Å². The van der Waals surface area contributed by atoms with Crippen LogP contribution in [0, 0.1) is 6.92 Å². The Morgan fingerprint density at radius 1 is 1.37 bits per heavy atom. The summed E-state index contributed by atoms with van der Waals surface area (Å²) in [6, 6.07) is 5.03. The van der Waals surface area contributed by atoms with Crippen LogP contribution in [-0.4, -0.2) is 17.4 Å². The van der Waals surface area contributed by atoms with E-state index in [4.69, 9.17) is 11.5 Å². The van der Waals surface area contributed by atoms with E-state index in [1.54, 1.807) is 32.0 Å². The molecule has 5 heteroatoms. The van der Waals surface area contributed by atoms with E-state index in [1.807, 2.05) is 6.92 Å². The highest BCUT2D eigenvalue weighted by molar-refractivity contribution is 6.00. The van der Waals surface area contributed by atoms with Gasteiger partial charge >= 0.3 is 0 Å². The molecule has 5 nitrogen and oxygen atoms in total. The molecule has 1 unspecified atom stereocenters. The van der Waals surface area contributed by atoms with E-state index in [2.05, 4.69) is 5.32 Å². The summed E-state index contributed by atoms with van der Waals surface area (Å²) in [6.07, 6.45) is 1.41. The number of primary amides is 1. The van der Waals surface area contributed by atoms with Gasteiger partial charge in [0.05, 0.1) is 5.54 Å². The molecule has 0 heterocycles. The number of nitrogens with two attached hydrogens (primary N) is 2. The molecule has 104 valence electrons. The maximum atomic E-state index is 12.0. The number of carbonyl (C=O) groups excluding carboxylic acids is 2. The minimum Gasteiger partial charge on any atom is -0.366 e. The second-order valence-electron chi connectivity index (χ2n) is 5.02. The molecule has 0 radical (unpaired) electrons. The number of amides is 2. The molecule has 1 rings (SSSR count). The molecule has 1 aromatic carbocycles. The zero-order valence-corrected chi connectivity index (χ0v) is 11.6. The molecular weight excluding hydrogens is 242 g/mol. The fourth-order valence-corrected chi connectivity index (χ4v) is 1.87. The lowest BCUT2D eigenvalue weighted by molar-refractivity contribution is -0.120. The Labute approximate surface area is 113 Å². The van der Waals surface area contributed by atoms with Gasteiger partial charge in [0, 0.05) is 11.3 Å². The Balaban J connectivity index is 2.92. The highest BCUT2D eigenvalue weighted by atomic mass is 16.2. The van der Waals surface area contributed by atoms with E-state index < -0.39 is 11.4 Å². The zero-order chi connectivity index (χ0) is 14.6. The predicted octanol–water partition coefficient (Wildman–Crippen LogP) is 1.55. The molecule has 0 aliphatic heterocycles. The molecule has 19 heavy (non-hydrogen) atoms. The van der Waals surface area contributed by atoms with Crippen LogP contribution >= 0.6 is 0 Å². The van der Waals surface area contributed by atoms with Gasteiger partial charge in [-0.3, -0.25) is 9.59 Å². The summed E-state index contributed by atoms with van der Waals surface area (Å²) < 4.78 is 0. The van der Waals surface area contributed by atoms with Crippen LogP contribution in [0.4, 0.5) is 5.69 Å². The fourth-order valence-electron chi connectivity index (χ4n) is 1.87. The van der Waals surface area contributed by atoms with Crippen LogP contribution in [-0.2, 0) is 4.79 Å². The average molecular weight is 263 g/mol. The highest BCUT2D eigenvalue weighted by Gasteiger charge is 2.27. The highest BCUT2D eigenvalue weighted by Crippen LogP contribution is 2.17. The molecule has 0 spiro atoms. The molecular formula is C14H21N3O2. The van der Waals surface area contributed by atoms with Gasteiger partial charge in [-0.15, -0.1) is 0 Å². The topological polar surface area (TPSA) is 98.2 Å². The Morgan fingerprint density at radius 3 is 2.53 bits per heavy atom. The Hall–Kier alpha value is -1.88. The van der Waals surface area contributed by atoms with Crippen molar-refractivity contribution in [1.82, 2.24) is 0 Å². The number of hydrogen-bond donors (Lipinski definition) is 3. The van der Waals surface area contributed by atoms with Gasteiger partial charge in [-0.1, -0.05) is 19.4 Å². The van der Waals surface area contributed by atoms with Gasteiger partial charge in [0.25, 0.3) is 0 Å². The smallest absolute Gasteiger partial charge is 0.249 e. The van der Waals surface area contributed by atoms with Crippen molar-refractivity contribution in [1.29, 1.82) is 0 Å². The van der Waals surface area contributed by atoms with E-state index in [1.165, 1.54) is 0 Å². The maximum absolute atomic E-state index is 12.0. The molecule has 0 saturated carbocycles. The van der Waals surface area contributed by atoms with Crippen LogP contribution in [0.1, 0.15) is 42.6 Å². The Bertz CT molecular complexity index is 495. The minimum atomic E-state index is -0.924. The normalized spacial score (nSPS) is 13.7. The SMILES string of the molecule is CCCC(C)(N)C(=O)Nc1ccc(C)c(C(N)=O)c1. The van der Waals surface area contributed by atoms with E-state index in [-0.39, 0.29) is 5.91 Å². The van der Waals surface area contributed by atoms with Crippen LogP contribution in [0.5, 0.6) is 0 Å². The summed E-state index contributed by atoms with van der Waals surface area (Å²) in [7, 11) is 0. The molecule has 0 bridgehead atoms. The molecule has 0 aliphatic carbocycles. The summed E-state index contributed by atoms with van der Waals surface area (Å²) in [5, 5.41) is 2.72. The molecule has 5 N–H and O–H groups in total. The average Bonchev–Trinajstić information content (AvgIpc) is 2.31. The van der Waals surface area contributed by atoms with Gasteiger partial charge in [0.2, 0.25) is 11.8 Å². The monoisotopic (exact) mass is 263 g/mol. The van der Waals surface area contributed by atoms with Crippen molar-refractivity contribution in [2.75, 3.05) is 5.32 Å². The quantitative estimate of drug-likeness (QED) is 0.751. The standard InChI is InChI=1S/C14H21N3O2/c1-4-7-14(3,16)13(19)17-10-6-5-9(2)11(8-10)12(15)18/h5-6,8H,4,7,16H2,1-3H3,(H2,15,18)(H,17,19). The number of rotatable bonds is 5. The van der Waals surface area contributed by atoms with Crippen molar-refractivity contribution in [3.8, 4) is 0 Å². The van der Waals surface area contributed by atoms with E-state index in [9.17, 15) is 9.59 Å². The van der Waals surface area contributed by atoms with Crippen LogP contribution in [0.15, 0.2) is 18.2 Å². The van der Waals surface area contributed by atoms with Gasteiger partial charge in [-0.2, -0.15) is 0 Å². The van der Waals surface area contributed by atoms with Crippen molar-refractivity contribution < 1.29 is 9.59 Å². The van der Waals surface area contributed by atoms with Crippen molar-refractivity contribution in [2.45, 2.75) is 39.2 Å². The number of benzene rings is 1. The number of hydrogen-bond acceptors (Lipinski definition) is 3. The predicted molar refractivity (Wildman–Crippen MR) is 75.8 cm³/mol. The lowest BCUT2D eigenvalue weighted by Crippen LogP contribution is -2.48. The molecule has 0 aliphatic rings. The third kappa shape index (κ3) is 3.79. The first kappa shape index (κ1) is 15.2. The Morgan fingerprint density at radius 2 is 2.00 bits per heavy atom. The summed E-state index contributed by atoms with van der Waals surface area (Å²) in [4.78, 5) is 23.3. The van der Waals surface area contributed by atoms with Gasteiger partial charge < -0.3 is 16.8 Å². The second-order valence-corrected chi connectivity index (χ2v) is 5.02. The first-order valence-electron chi connectivity index (χ1n) is 6.28. The van der Waals surface area contributed by atoms with Gasteiger partial charge in [0.15, 0.2) is 0 Å². The van der Waals surface area contributed by atoms with Crippen molar-refractivity contribution >= 4 is 17.5 Å². The number of carbonyl (C=O) groups is 2. The van der Waals surface area contributed by atoms with Crippen LogP contribution < -0.4 is 16.8 Å². The largest absolute Gasteiger partial charge is 0.366 e. The lowest BCUT2D eigenvalue weighted by Gasteiger charge is -2.23. The van der Waals surface area contributed by atoms with Gasteiger partial charge in [-0.25, -0.2) is 0 Å². The number of anilines is 1. The Kier molecular flexibility index (Phi) is 4.67. The number of nitrogens with one attached hydrogen (secondary N) is 1. The number of aryl methyl sites for hydroxylation is 1. The maximum Gasteiger partial charge on any atom is 0.249 e. The van der Waals surface area contributed by atoms with Crippen molar-refractivity contribution in [3.05, 3.63) is 29.3 Å². The van der Waals surface area contributed by atoms with Crippen LogP contribution in [0.25, 0.3) is 0 Å². The summed E-state index contributed by atoms with van der Waals surface area (Å²) in [5.74, 6) is -0.786.